The molecule has 1 aliphatic heterocycles. The van der Waals surface area contributed by atoms with Crippen molar-refractivity contribution in [3.8, 4) is 5.75 Å². The summed E-state index contributed by atoms with van der Waals surface area (Å²) >= 11 is 12.6. The number of hydrogen-bond acceptors (Lipinski definition) is 7. The molecule has 9 nitrogen and oxygen atoms in total. The van der Waals surface area contributed by atoms with Gasteiger partial charge in [-0.05, 0) is 49.4 Å². The Morgan fingerprint density at radius 1 is 1.16 bits per heavy atom. The molecule has 0 aliphatic carbocycles. The Balaban J connectivity index is 1.43. The minimum atomic E-state index is -0.410. The molecule has 196 valence electrons. The van der Waals surface area contributed by atoms with E-state index in [2.05, 4.69) is 37.3 Å². The standard InChI is InChI=1S/C27H26Cl2N6O3/c1-3-25(36)31-24-12-17(35-8-10-37-11-9-35)4-6-23(24)32-27-19-13-18(5-7-22(19)33-34-27)38-16(2)26-20(28)14-30-15-21(26)29/h3-7,12-16H,1,8-11H2,2H3,(H,31,36)(H2,32,33,34)/t16-/m1/s1. The summed E-state index contributed by atoms with van der Waals surface area (Å²) < 4.78 is 11.6. The van der Waals surface area contributed by atoms with Crippen molar-refractivity contribution < 1.29 is 14.3 Å². The summed E-state index contributed by atoms with van der Waals surface area (Å²) in [6.07, 6.45) is 3.90. The van der Waals surface area contributed by atoms with Crippen molar-refractivity contribution >= 4 is 62.9 Å². The van der Waals surface area contributed by atoms with Crippen molar-refractivity contribution in [1.82, 2.24) is 15.2 Å². The van der Waals surface area contributed by atoms with Crippen molar-refractivity contribution in [3.63, 3.8) is 0 Å². The molecule has 2 aromatic heterocycles. The first-order valence-electron chi connectivity index (χ1n) is 12.0. The van der Waals surface area contributed by atoms with E-state index in [1.165, 1.54) is 18.5 Å². The highest BCUT2D eigenvalue weighted by Crippen LogP contribution is 2.36. The average molecular weight is 553 g/mol. The Morgan fingerprint density at radius 3 is 2.66 bits per heavy atom. The number of carbonyl (C=O) groups is 1. The normalized spacial score (nSPS) is 14.2. The lowest BCUT2D eigenvalue weighted by atomic mass is 10.1. The number of fused-ring (bicyclic) bond motifs is 1. The zero-order chi connectivity index (χ0) is 26.6. The fourth-order valence-electron chi connectivity index (χ4n) is 4.31. The molecule has 3 heterocycles. The lowest BCUT2D eigenvalue weighted by Crippen LogP contribution is -2.36. The molecule has 1 aliphatic rings. The quantitative estimate of drug-likeness (QED) is 0.226. The van der Waals surface area contributed by atoms with Crippen LogP contribution in [0.5, 0.6) is 5.75 Å². The zero-order valence-corrected chi connectivity index (χ0v) is 22.1. The first kappa shape index (κ1) is 25.8. The molecule has 0 radical (unpaired) electrons. The van der Waals surface area contributed by atoms with Gasteiger partial charge in [-0.1, -0.05) is 29.8 Å². The molecule has 3 N–H and O–H groups in total. The van der Waals surface area contributed by atoms with Crippen molar-refractivity contribution in [3.05, 3.63) is 77.1 Å². The maximum absolute atomic E-state index is 12.2. The van der Waals surface area contributed by atoms with Gasteiger partial charge in [0.05, 0.1) is 40.2 Å². The third kappa shape index (κ3) is 5.55. The van der Waals surface area contributed by atoms with E-state index >= 15 is 0 Å². The molecule has 5 rings (SSSR count). The van der Waals surface area contributed by atoms with Gasteiger partial charge in [0.2, 0.25) is 5.91 Å². The van der Waals surface area contributed by atoms with Crippen molar-refractivity contribution in [2.45, 2.75) is 13.0 Å². The number of pyridine rings is 1. The Kier molecular flexibility index (Phi) is 7.69. The van der Waals surface area contributed by atoms with Gasteiger partial charge < -0.3 is 25.0 Å². The van der Waals surface area contributed by atoms with Gasteiger partial charge in [0, 0.05) is 42.1 Å². The van der Waals surface area contributed by atoms with Gasteiger partial charge in [-0.15, -0.1) is 0 Å². The number of ether oxygens (including phenoxy) is 2. The number of aromatic nitrogens is 3. The van der Waals surface area contributed by atoms with Gasteiger partial charge in [-0.2, -0.15) is 5.10 Å². The van der Waals surface area contributed by atoms with Gasteiger partial charge in [0.25, 0.3) is 0 Å². The summed E-state index contributed by atoms with van der Waals surface area (Å²) in [6, 6.07) is 11.5. The van der Waals surface area contributed by atoms with Crippen LogP contribution >= 0.6 is 23.2 Å². The highest BCUT2D eigenvalue weighted by Gasteiger charge is 2.18. The maximum Gasteiger partial charge on any atom is 0.247 e. The van der Waals surface area contributed by atoms with Crippen molar-refractivity contribution in [1.29, 1.82) is 0 Å². The third-order valence-corrected chi connectivity index (χ3v) is 6.82. The van der Waals surface area contributed by atoms with Crippen LogP contribution in [0.1, 0.15) is 18.6 Å². The monoisotopic (exact) mass is 552 g/mol. The molecule has 0 spiro atoms. The molecular weight excluding hydrogens is 527 g/mol. The number of amides is 1. The van der Waals surface area contributed by atoms with E-state index in [1.54, 1.807) is 0 Å². The second-order valence-corrected chi connectivity index (χ2v) is 9.52. The van der Waals surface area contributed by atoms with Crippen LogP contribution in [0.2, 0.25) is 10.0 Å². The molecule has 2 aromatic carbocycles. The largest absolute Gasteiger partial charge is 0.486 e. The van der Waals surface area contributed by atoms with Crippen molar-refractivity contribution in [2.75, 3.05) is 41.8 Å². The van der Waals surface area contributed by atoms with Crippen LogP contribution < -0.4 is 20.3 Å². The number of nitrogens with zero attached hydrogens (tertiary/aromatic N) is 3. The summed E-state index contributed by atoms with van der Waals surface area (Å²) in [5.41, 5.74) is 3.76. The van der Waals surface area contributed by atoms with E-state index in [9.17, 15) is 4.79 Å². The van der Waals surface area contributed by atoms with Crippen LogP contribution in [0.15, 0.2) is 61.4 Å². The Morgan fingerprint density at radius 2 is 1.92 bits per heavy atom. The van der Waals surface area contributed by atoms with Gasteiger partial charge in [0.1, 0.15) is 11.9 Å². The summed E-state index contributed by atoms with van der Waals surface area (Å²) in [4.78, 5) is 18.4. The van der Waals surface area contributed by atoms with Crippen LogP contribution in [0.4, 0.5) is 22.9 Å². The lowest BCUT2D eigenvalue weighted by Gasteiger charge is -2.29. The molecule has 0 bridgehead atoms. The summed E-state index contributed by atoms with van der Waals surface area (Å²) in [5.74, 6) is 0.879. The molecule has 0 unspecified atom stereocenters. The Hall–Kier alpha value is -3.79. The minimum absolute atomic E-state index is 0.308. The average Bonchev–Trinajstić information content (AvgIpc) is 3.31. The number of rotatable bonds is 8. The smallest absolute Gasteiger partial charge is 0.247 e. The van der Waals surface area contributed by atoms with E-state index in [1.807, 2.05) is 43.3 Å². The molecule has 11 heteroatoms. The van der Waals surface area contributed by atoms with Gasteiger partial charge in [-0.25, -0.2) is 0 Å². The number of halogens is 2. The van der Waals surface area contributed by atoms with Gasteiger partial charge in [-0.3, -0.25) is 14.9 Å². The molecule has 0 saturated carbocycles. The second-order valence-electron chi connectivity index (χ2n) is 8.70. The zero-order valence-electron chi connectivity index (χ0n) is 20.6. The van der Waals surface area contributed by atoms with Crippen LogP contribution in [-0.2, 0) is 9.53 Å². The first-order chi connectivity index (χ1) is 18.4. The van der Waals surface area contributed by atoms with E-state index < -0.39 is 6.10 Å². The molecule has 4 aromatic rings. The number of hydrogen-bond donors (Lipinski definition) is 3. The highest BCUT2D eigenvalue weighted by atomic mass is 35.5. The number of carbonyl (C=O) groups excluding carboxylic acids is 1. The predicted molar refractivity (Wildman–Crippen MR) is 151 cm³/mol. The number of anilines is 4. The molecule has 1 saturated heterocycles. The van der Waals surface area contributed by atoms with Crippen LogP contribution in [0, 0.1) is 0 Å². The van der Waals surface area contributed by atoms with Crippen LogP contribution in [-0.4, -0.2) is 47.4 Å². The Labute approximate surface area is 229 Å². The summed E-state index contributed by atoms with van der Waals surface area (Å²) in [6.45, 7) is 8.33. The second kappa shape index (κ2) is 11.3. The van der Waals surface area contributed by atoms with E-state index in [0.29, 0.717) is 51.8 Å². The van der Waals surface area contributed by atoms with Crippen LogP contribution in [0.3, 0.4) is 0 Å². The van der Waals surface area contributed by atoms with Crippen LogP contribution in [0.25, 0.3) is 10.9 Å². The third-order valence-electron chi connectivity index (χ3n) is 6.22. The number of aromatic amines is 1. The van der Waals surface area contributed by atoms with E-state index in [0.717, 1.165) is 29.7 Å². The van der Waals surface area contributed by atoms with E-state index in [4.69, 9.17) is 32.7 Å². The molecular formula is C27H26Cl2N6O3. The summed E-state index contributed by atoms with van der Waals surface area (Å²) in [5, 5.41) is 15.4. The van der Waals surface area contributed by atoms with E-state index in [-0.39, 0.29) is 5.91 Å². The summed E-state index contributed by atoms with van der Waals surface area (Å²) in [7, 11) is 0. The molecule has 1 amide bonds. The molecule has 1 fully saturated rings. The van der Waals surface area contributed by atoms with Gasteiger partial charge in [0.15, 0.2) is 5.82 Å². The number of morpholine rings is 1. The predicted octanol–water partition coefficient (Wildman–Crippen LogP) is 6.11. The minimum Gasteiger partial charge on any atom is -0.486 e. The van der Waals surface area contributed by atoms with Crippen molar-refractivity contribution in [2.24, 2.45) is 0 Å². The molecule has 38 heavy (non-hydrogen) atoms. The number of nitrogens with one attached hydrogen (secondary N) is 3. The Bertz CT molecular complexity index is 1460. The highest BCUT2D eigenvalue weighted by molar-refractivity contribution is 6.35. The first-order valence-corrected chi connectivity index (χ1v) is 12.8. The van der Waals surface area contributed by atoms with Gasteiger partial charge >= 0.3 is 0 Å². The number of benzene rings is 2. The SMILES string of the molecule is C=CC(=O)Nc1cc(N2CCOCC2)ccc1Nc1n[nH]c2ccc(O[C@H](C)c3c(Cl)cncc3Cl)cc12. The maximum atomic E-state index is 12.2. The molecule has 1 atom stereocenters. The fourth-order valence-corrected chi connectivity index (χ4v) is 4.98. The lowest BCUT2D eigenvalue weighted by molar-refractivity contribution is -0.111. The fraction of sp³-hybridized carbons (Fsp3) is 0.222. The topological polar surface area (TPSA) is 104 Å². The number of H-pyrrole nitrogens is 1.